The molecule has 0 saturated heterocycles. The van der Waals surface area contributed by atoms with Crippen LogP contribution in [0, 0.1) is 5.92 Å². The SMILES string of the molecule is COC(=O)C(O)(Cc1nccc2oc(CCC3CC3)cc12)C(N)CSC. The number of aliphatic hydroxyl groups is 1. The molecule has 1 aliphatic carbocycles. The van der Waals surface area contributed by atoms with Crippen molar-refractivity contribution in [1.29, 1.82) is 0 Å². The van der Waals surface area contributed by atoms with Crippen molar-refractivity contribution in [2.45, 2.75) is 43.7 Å². The van der Waals surface area contributed by atoms with Crippen LogP contribution in [0.4, 0.5) is 0 Å². The monoisotopic (exact) mass is 378 g/mol. The number of aryl methyl sites for hydroxylation is 1. The van der Waals surface area contributed by atoms with Gasteiger partial charge in [0.25, 0.3) is 0 Å². The number of hydrogen-bond donors (Lipinski definition) is 2. The lowest BCUT2D eigenvalue weighted by molar-refractivity contribution is -0.164. The van der Waals surface area contributed by atoms with Gasteiger partial charge in [0.2, 0.25) is 0 Å². The summed E-state index contributed by atoms with van der Waals surface area (Å²) in [5.74, 6) is 1.43. The van der Waals surface area contributed by atoms with Crippen LogP contribution in [0.5, 0.6) is 0 Å². The topological polar surface area (TPSA) is 98.6 Å². The van der Waals surface area contributed by atoms with Crippen LogP contribution in [-0.2, 0) is 22.4 Å². The third kappa shape index (κ3) is 4.05. The van der Waals surface area contributed by atoms with Crippen molar-refractivity contribution < 1.29 is 19.1 Å². The second-order valence-corrected chi connectivity index (χ2v) is 7.93. The van der Waals surface area contributed by atoms with E-state index in [4.69, 9.17) is 14.9 Å². The number of furan rings is 1. The third-order valence-corrected chi connectivity index (χ3v) is 5.70. The van der Waals surface area contributed by atoms with Crippen LogP contribution in [0.3, 0.4) is 0 Å². The summed E-state index contributed by atoms with van der Waals surface area (Å²) in [5.41, 5.74) is 5.58. The number of methoxy groups -OCH3 is 1. The number of nitrogens with two attached hydrogens (primary N) is 1. The van der Waals surface area contributed by atoms with E-state index in [-0.39, 0.29) is 6.42 Å². The van der Waals surface area contributed by atoms with Gasteiger partial charge in [0.1, 0.15) is 11.3 Å². The molecule has 0 spiro atoms. The Labute approximate surface area is 157 Å². The van der Waals surface area contributed by atoms with Gasteiger partial charge in [0.15, 0.2) is 5.60 Å². The number of nitrogens with zero attached hydrogens (tertiary/aromatic N) is 1. The highest BCUT2D eigenvalue weighted by molar-refractivity contribution is 7.98. The number of hydrogen-bond acceptors (Lipinski definition) is 7. The molecule has 0 radical (unpaired) electrons. The van der Waals surface area contributed by atoms with E-state index < -0.39 is 17.6 Å². The Bertz CT molecular complexity index is 774. The molecule has 26 heavy (non-hydrogen) atoms. The fourth-order valence-corrected chi connectivity index (χ4v) is 3.83. The average molecular weight is 378 g/mol. The summed E-state index contributed by atoms with van der Waals surface area (Å²) in [6, 6.07) is 3.01. The molecule has 1 saturated carbocycles. The molecular weight excluding hydrogens is 352 g/mol. The van der Waals surface area contributed by atoms with Crippen LogP contribution in [0.1, 0.15) is 30.7 Å². The molecule has 0 amide bonds. The zero-order valence-electron chi connectivity index (χ0n) is 15.2. The second kappa shape index (κ2) is 7.98. The zero-order chi connectivity index (χ0) is 18.7. The predicted octanol–water partition coefficient (Wildman–Crippen LogP) is 2.31. The van der Waals surface area contributed by atoms with Gasteiger partial charge in [-0.15, -0.1) is 0 Å². The smallest absolute Gasteiger partial charge is 0.339 e. The van der Waals surface area contributed by atoms with Crippen LogP contribution in [0.15, 0.2) is 22.7 Å². The van der Waals surface area contributed by atoms with Crippen molar-refractivity contribution in [3.05, 3.63) is 29.8 Å². The number of thioether (sulfide) groups is 1. The maximum absolute atomic E-state index is 12.3. The van der Waals surface area contributed by atoms with E-state index >= 15 is 0 Å². The van der Waals surface area contributed by atoms with E-state index in [9.17, 15) is 9.90 Å². The zero-order valence-corrected chi connectivity index (χ0v) is 16.1. The molecule has 1 aliphatic rings. The van der Waals surface area contributed by atoms with Crippen LogP contribution >= 0.6 is 11.8 Å². The molecule has 2 atom stereocenters. The summed E-state index contributed by atoms with van der Waals surface area (Å²) in [7, 11) is 1.25. The Morgan fingerprint density at radius 1 is 1.58 bits per heavy atom. The largest absolute Gasteiger partial charge is 0.467 e. The number of carbonyl (C=O) groups excluding carboxylic acids is 1. The summed E-state index contributed by atoms with van der Waals surface area (Å²) >= 11 is 1.47. The predicted molar refractivity (Wildman–Crippen MR) is 102 cm³/mol. The molecule has 0 bridgehead atoms. The van der Waals surface area contributed by atoms with Crippen LogP contribution in [0.2, 0.25) is 0 Å². The van der Waals surface area contributed by atoms with E-state index in [1.54, 1.807) is 12.3 Å². The molecule has 0 aliphatic heterocycles. The molecule has 7 heteroatoms. The number of fused-ring (bicyclic) bond motifs is 1. The molecule has 2 heterocycles. The van der Waals surface area contributed by atoms with Gasteiger partial charge >= 0.3 is 5.97 Å². The molecule has 0 aromatic carbocycles. The Balaban J connectivity index is 1.88. The van der Waals surface area contributed by atoms with Crippen molar-refractivity contribution in [2.75, 3.05) is 19.1 Å². The first kappa shape index (κ1) is 19.2. The Morgan fingerprint density at radius 2 is 2.35 bits per heavy atom. The van der Waals surface area contributed by atoms with Gasteiger partial charge in [0, 0.05) is 30.2 Å². The molecule has 6 nitrogen and oxygen atoms in total. The maximum Gasteiger partial charge on any atom is 0.339 e. The van der Waals surface area contributed by atoms with Gasteiger partial charge < -0.3 is 20.0 Å². The Hall–Kier alpha value is -1.57. The van der Waals surface area contributed by atoms with Gasteiger partial charge in [-0.25, -0.2) is 4.79 Å². The molecule has 142 valence electrons. The molecule has 2 unspecified atom stereocenters. The first-order valence-corrected chi connectivity index (χ1v) is 10.3. The van der Waals surface area contributed by atoms with E-state index in [0.717, 1.165) is 29.9 Å². The summed E-state index contributed by atoms with van der Waals surface area (Å²) in [4.78, 5) is 16.6. The van der Waals surface area contributed by atoms with Gasteiger partial charge in [-0.05, 0) is 30.7 Å². The lowest BCUT2D eigenvalue weighted by atomic mass is 9.89. The van der Waals surface area contributed by atoms with Gasteiger partial charge in [0.05, 0.1) is 18.8 Å². The summed E-state index contributed by atoms with van der Waals surface area (Å²) in [5, 5.41) is 11.8. The first-order chi connectivity index (χ1) is 12.5. The molecule has 3 rings (SSSR count). The minimum atomic E-state index is -1.83. The van der Waals surface area contributed by atoms with Gasteiger partial charge in [-0.1, -0.05) is 12.8 Å². The standard InChI is InChI=1S/C19H26N2O4S/c1-24-18(22)19(23,17(20)11-26-2)10-15-14-9-13(6-5-12-3-4-12)25-16(14)7-8-21-15/h7-9,12,17,23H,3-6,10-11,20H2,1-2H3. The number of aromatic nitrogens is 1. The van der Waals surface area contributed by atoms with E-state index in [2.05, 4.69) is 4.98 Å². The number of ether oxygens (including phenoxy) is 1. The number of carbonyl (C=O) groups is 1. The minimum Gasteiger partial charge on any atom is -0.467 e. The van der Waals surface area contributed by atoms with Crippen molar-refractivity contribution in [3.8, 4) is 0 Å². The van der Waals surface area contributed by atoms with E-state index in [1.807, 2.05) is 12.3 Å². The van der Waals surface area contributed by atoms with Crippen molar-refractivity contribution >= 4 is 28.7 Å². The Morgan fingerprint density at radius 3 is 3.00 bits per heavy atom. The third-order valence-electron chi connectivity index (χ3n) is 5.01. The molecular formula is C19H26N2O4S. The lowest BCUT2D eigenvalue weighted by Gasteiger charge is -2.30. The molecule has 1 fully saturated rings. The highest BCUT2D eigenvalue weighted by atomic mass is 32.2. The van der Waals surface area contributed by atoms with Crippen molar-refractivity contribution in [3.63, 3.8) is 0 Å². The van der Waals surface area contributed by atoms with Crippen LogP contribution < -0.4 is 5.73 Å². The van der Waals surface area contributed by atoms with Crippen LogP contribution in [0.25, 0.3) is 11.0 Å². The highest BCUT2D eigenvalue weighted by Gasteiger charge is 2.44. The fraction of sp³-hybridized carbons (Fsp3) is 0.579. The summed E-state index contributed by atoms with van der Waals surface area (Å²) in [6.45, 7) is 0. The van der Waals surface area contributed by atoms with Crippen molar-refractivity contribution in [2.24, 2.45) is 11.7 Å². The molecule has 3 N–H and O–H groups in total. The molecule has 2 aromatic heterocycles. The van der Waals surface area contributed by atoms with Gasteiger partial charge in [-0.3, -0.25) is 4.98 Å². The first-order valence-electron chi connectivity index (χ1n) is 8.89. The maximum atomic E-state index is 12.3. The number of rotatable bonds is 9. The van der Waals surface area contributed by atoms with E-state index in [0.29, 0.717) is 17.0 Å². The van der Waals surface area contributed by atoms with E-state index in [1.165, 1.54) is 31.7 Å². The van der Waals surface area contributed by atoms with Gasteiger partial charge in [-0.2, -0.15) is 11.8 Å². The fourth-order valence-electron chi connectivity index (χ4n) is 3.19. The molecule has 2 aromatic rings. The summed E-state index contributed by atoms with van der Waals surface area (Å²) in [6.07, 6.45) is 8.14. The highest BCUT2D eigenvalue weighted by Crippen LogP contribution is 2.34. The number of esters is 1. The minimum absolute atomic E-state index is 0.0136. The Kier molecular flexibility index (Phi) is 5.89. The van der Waals surface area contributed by atoms with Crippen LogP contribution in [-0.4, -0.2) is 46.8 Å². The normalized spacial score (nSPS) is 17.8. The summed E-state index contributed by atoms with van der Waals surface area (Å²) < 4.78 is 10.7. The van der Waals surface area contributed by atoms with Crippen molar-refractivity contribution in [1.82, 2.24) is 4.98 Å². The number of pyridine rings is 1. The average Bonchev–Trinajstić information content (AvgIpc) is 3.37. The quantitative estimate of drug-likeness (QED) is 0.646. The second-order valence-electron chi connectivity index (χ2n) is 7.02. The lowest BCUT2D eigenvalue weighted by Crippen LogP contribution is -2.57.